The first-order valence-electron chi connectivity index (χ1n) is 4.89. The van der Waals surface area contributed by atoms with E-state index in [1.54, 1.807) is 23.5 Å². The van der Waals surface area contributed by atoms with Gasteiger partial charge in [0, 0.05) is 0 Å². The number of allylic oxidation sites excluding steroid dienone is 2. The average Bonchev–Trinajstić information content (AvgIpc) is 2.13. The number of hydrogen-bond acceptors (Lipinski definition) is 3. The molecule has 0 aliphatic heterocycles. The summed E-state index contributed by atoms with van der Waals surface area (Å²) in [5.74, 6) is -0.400. The highest BCUT2D eigenvalue weighted by molar-refractivity contribution is 7.99. The molecule has 0 aliphatic rings. The van der Waals surface area contributed by atoms with Crippen LogP contribution in [0.5, 0.6) is 0 Å². The molecule has 1 N–H and O–H groups in total. The lowest BCUT2D eigenvalue weighted by Gasteiger charge is -2.23. The molecule has 0 amide bonds. The highest BCUT2D eigenvalue weighted by Crippen LogP contribution is 2.18. The maximum absolute atomic E-state index is 11.0. The van der Waals surface area contributed by atoms with E-state index in [1.165, 1.54) is 11.9 Å². The fraction of sp³-hybridized carbons (Fsp3) is 0.545. The molecule has 0 bridgehead atoms. The molecule has 0 heterocycles. The molecule has 0 aromatic carbocycles. The molecule has 0 saturated heterocycles. The van der Waals surface area contributed by atoms with E-state index in [0.29, 0.717) is 12.3 Å². The molecule has 0 aliphatic carbocycles. The van der Waals surface area contributed by atoms with Gasteiger partial charge in [0.15, 0.2) is 0 Å². The quantitative estimate of drug-likeness (QED) is 0.538. The van der Waals surface area contributed by atoms with Crippen LogP contribution in [0.25, 0.3) is 0 Å². The van der Waals surface area contributed by atoms with Crippen LogP contribution in [-0.4, -0.2) is 28.5 Å². The summed E-state index contributed by atoms with van der Waals surface area (Å²) in [5.41, 5.74) is 0. The number of rotatable bonds is 7. The third-order valence-corrected chi connectivity index (χ3v) is 2.73. The van der Waals surface area contributed by atoms with Gasteiger partial charge in [0.05, 0.1) is 0 Å². The first-order valence-corrected chi connectivity index (χ1v) is 5.72. The molecule has 4 heteroatoms. The van der Waals surface area contributed by atoms with Gasteiger partial charge in [-0.25, -0.2) is 4.31 Å². The highest BCUT2D eigenvalue weighted by Gasteiger charge is 2.23. The average molecular weight is 229 g/mol. The van der Waals surface area contributed by atoms with Crippen LogP contribution in [0.1, 0.15) is 20.3 Å². The van der Waals surface area contributed by atoms with Crippen molar-refractivity contribution in [2.24, 2.45) is 5.92 Å². The molecule has 0 rings (SSSR count). The lowest BCUT2D eigenvalue weighted by molar-refractivity contribution is -0.141. The Morgan fingerprint density at radius 1 is 1.60 bits per heavy atom. The van der Waals surface area contributed by atoms with Crippen molar-refractivity contribution in [3.8, 4) is 0 Å². The van der Waals surface area contributed by atoms with Crippen molar-refractivity contribution < 1.29 is 9.90 Å². The van der Waals surface area contributed by atoms with Gasteiger partial charge in [-0.05, 0) is 36.7 Å². The van der Waals surface area contributed by atoms with E-state index in [0.717, 1.165) is 0 Å². The molecule has 0 fully saturated rings. The van der Waals surface area contributed by atoms with Crippen molar-refractivity contribution in [2.75, 3.05) is 7.05 Å². The highest BCUT2D eigenvalue weighted by atomic mass is 32.2. The molecule has 0 saturated carbocycles. The minimum Gasteiger partial charge on any atom is -0.480 e. The van der Waals surface area contributed by atoms with Crippen LogP contribution in [0, 0.1) is 5.92 Å². The van der Waals surface area contributed by atoms with Crippen molar-refractivity contribution in [1.29, 1.82) is 0 Å². The summed E-state index contributed by atoms with van der Waals surface area (Å²) in [5, 5.41) is 10.9. The Balaban J connectivity index is 4.28. The van der Waals surface area contributed by atoms with Crippen LogP contribution in [0.2, 0.25) is 0 Å². The summed E-state index contributed by atoms with van der Waals surface area (Å²) >= 11 is 1.38. The molecule has 0 aromatic rings. The van der Waals surface area contributed by atoms with Crippen molar-refractivity contribution in [3.05, 3.63) is 24.1 Å². The zero-order valence-corrected chi connectivity index (χ0v) is 10.3. The Morgan fingerprint density at radius 2 is 2.20 bits per heavy atom. The number of likely N-dealkylation sites (N-methyl/N-ethyl adjacent to an activating group) is 1. The molecule has 0 aromatic heterocycles. The summed E-state index contributed by atoms with van der Waals surface area (Å²) in [6.45, 7) is 7.59. The van der Waals surface area contributed by atoms with Crippen LogP contribution >= 0.6 is 11.9 Å². The number of aliphatic carboxylic acids is 1. The molecule has 1 atom stereocenters. The second kappa shape index (κ2) is 7.54. The normalized spacial score (nSPS) is 13.7. The van der Waals surface area contributed by atoms with Crippen LogP contribution in [0.15, 0.2) is 24.1 Å². The molecular weight excluding hydrogens is 210 g/mol. The Bertz CT molecular complexity index is 239. The van der Waals surface area contributed by atoms with Gasteiger partial charge >= 0.3 is 5.97 Å². The Kier molecular flexibility index (Phi) is 7.17. The van der Waals surface area contributed by atoms with Gasteiger partial charge in [-0.3, -0.25) is 4.79 Å². The van der Waals surface area contributed by atoms with E-state index in [-0.39, 0.29) is 0 Å². The topological polar surface area (TPSA) is 40.5 Å². The van der Waals surface area contributed by atoms with E-state index in [2.05, 4.69) is 6.58 Å². The van der Waals surface area contributed by atoms with Crippen molar-refractivity contribution in [2.45, 2.75) is 26.3 Å². The molecule has 15 heavy (non-hydrogen) atoms. The van der Waals surface area contributed by atoms with Gasteiger partial charge in [-0.1, -0.05) is 32.6 Å². The number of hydrogen-bond donors (Lipinski definition) is 1. The lowest BCUT2D eigenvalue weighted by Crippen LogP contribution is -2.34. The fourth-order valence-electron chi connectivity index (χ4n) is 1.11. The van der Waals surface area contributed by atoms with Crippen LogP contribution in [0.4, 0.5) is 0 Å². The van der Waals surface area contributed by atoms with E-state index in [4.69, 9.17) is 5.11 Å². The predicted molar refractivity (Wildman–Crippen MR) is 65.6 cm³/mol. The van der Waals surface area contributed by atoms with Crippen molar-refractivity contribution in [1.82, 2.24) is 4.31 Å². The Hall–Kier alpha value is -0.740. The van der Waals surface area contributed by atoms with Crippen LogP contribution in [-0.2, 0) is 4.79 Å². The molecule has 3 nitrogen and oxygen atoms in total. The van der Waals surface area contributed by atoms with E-state index in [9.17, 15) is 4.79 Å². The van der Waals surface area contributed by atoms with Gasteiger partial charge in [0.1, 0.15) is 6.04 Å². The second-order valence-corrected chi connectivity index (χ2v) is 4.76. The Morgan fingerprint density at radius 3 is 2.60 bits per heavy atom. The summed E-state index contributed by atoms with van der Waals surface area (Å²) in [6.07, 6.45) is 4.11. The van der Waals surface area contributed by atoms with Crippen LogP contribution < -0.4 is 0 Å². The predicted octanol–water partition coefficient (Wildman–Crippen LogP) is 2.77. The number of nitrogens with zero attached hydrogens (tertiary/aromatic N) is 1. The maximum Gasteiger partial charge on any atom is 0.321 e. The number of carboxylic acids is 1. The monoisotopic (exact) mass is 229 g/mol. The summed E-state index contributed by atoms with van der Waals surface area (Å²) in [4.78, 5) is 11.0. The fourth-order valence-corrected chi connectivity index (χ4v) is 1.81. The molecule has 86 valence electrons. The molecule has 0 spiro atoms. The zero-order valence-electron chi connectivity index (χ0n) is 9.51. The van der Waals surface area contributed by atoms with Crippen molar-refractivity contribution in [3.63, 3.8) is 0 Å². The van der Waals surface area contributed by atoms with E-state index >= 15 is 0 Å². The smallest absolute Gasteiger partial charge is 0.321 e. The zero-order chi connectivity index (χ0) is 11.8. The minimum absolute atomic E-state index is 0.373. The first kappa shape index (κ1) is 14.3. The summed E-state index contributed by atoms with van der Waals surface area (Å²) < 4.78 is 1.75. The second-order valence-electron chi connectivity index (χ2n) is 3.70. The van der Waals surface area contributed by atoms with E-state index < -0.39 is 12.0 Å². The van der Waals surface area contributed by atoms with Crippen molar-refractivity contribution >= 4 is 17.9 Å². The molecular formula is C11H19NO2S. The first-order chi connectivity index (χ1) is 6.99. The van der Waals surface area contributed by atoms with Crippen LogP contribution in [0.3, 0.4) is 0 Å². The molecule has 1 unspecified atom stereocenters. The van der Waals surface area contributed by atoms with Gasteiger partial charge in [0.25, 0.3) is 0 Å². The van der Waals surface area contributed by atoms with Gasteiger partial charge in [-0.15, -0.1) is 0 Å². The van der Waals surface area contributed by atoms with Gasteiger partial charge < -0.3 is 5.11 Å². The standard InChI is InChI=1S/C11H19NO2S/c1-5-6-7-15-12(4)10(11(13)14)8-9(2)3/h5-7,9-10H,1,8H2,2-4H3,(H,13,14)/b7-6-. The Labute approximate surface area is 96.0 Å². The lowest BCUT2D eigenvalue weighted by atomic mass is 10.0. The van der Waals surface area contributed by atoms with E-state index in [1.807, 2.05) is 19.3 Å². The van der Waals surface area contributed by atoms with Gasteiger partial charge in [-0.2, -0.15) is 0 Å². The third-order valence-electron chi connectivity index (χ3n) is 1.86. The minimum atomic E-state index is -0.772. The maximum atomic E-state index is 11.0. The number of carbonyl (C=O) groups is 1. The molecule has 0 radical (unpaired) electrons. The van der Waals surface area contributed by atoms with Gasteiger partial charge in [0.2, 0.25) is 0 Å². The third kappa shape index (κ3) is 6.36. The summed E-state index contributed by atoms with van der Waals surface area (Å²) in [6, 6.07) is -0.440. The SMILES string of the molecule is C=C/C=C\SN(C)C(CC(C)C)C(=O)O. The summed E-state index contributed by atoms with van der Waals surface area (Å²) in [7, 11) is 1.79. The largest absolute Gasteiger partial charge is 0.480 e. The number of carboxylic acid groups (broad SMARTS) is 1.